The monoisotopic (exact) mass is 309 g/mol. The van der Waals surface area contributed by atoms with Crippen LogP contribution in [0.5, 0.6) is 0 Å². The summed E-state index contributed by atoms with van der Waals surface area (Å²) in [5.41, 5.74) is 1.07. The second-order valence-corrected chi connectivity index (χ2v) is 6.69. The van der Waals surface area contributed by atoms with Crippen molar-refractivity contribution in [3.8, 4) is 0 Å². The summed E-state index contributed by atoms with van der Waals surface area (Å²) in [6, 6.07) is 11.1. The highest BCUT2D eigenvalue weighted by Crippen LogP contribution is 2.21. The van der Waals surface area contributed by atoms with Crippen LogP contribution in [0, 0.1) is 6.92 Å². The maximum Gasteiger partial charge on any atom is 0.244 e. The fraction of sp³-hybridized carbons (Fsp3) is 0.333. The Hall–Kier alpha value is -1.63. The van der Waals surface area contributed by atoms with Crippen molar-refractivity contribution in [2.24, 2.45) is 0 Å². The maximum absolute atomic E-state index is 12.3. The van der Waals surface area contributed by atoms with Crippen LogP contribution in [0.25, 0.3) is 0 Å². The number of furan rings is 1. The molecular weight excluding hydrogens is 290 g/mol. The standard InChI is InChI=1S/C15H19NO4S/c1-11(13-6-4-3-5-7-13)9-16-21(18,19)15-8-14(10-17)20-12(15)2/h3-8,11,16-17H,9-10H2,1-2H3. The molecule has 6 heteroatoms. The van der Waals surface area contributed by atoms with Crippen LogP contribution in [0.2, 0.25) is 0 Å². The Kier molecular flexibility index (Phi) is 4.82. The van der Waals surface area contributed by atoms with Crippen LogP contribution in [0.1, 0.15) is 29.9 Å². The highest BCUT2D eigenvalue weighted by Gasteiger charge is 2.21. The van der Waals surface area contributed by atoms with E-state index in [0.717, 1.165) is 5.56 Å². The molecular formula is C15H19NO4S. The van der Waals surface area contributed by atoms with Gasteiger partial charge in [0.05, 0.1) is 0 Å². The van der Waals surface area contributed by atoms with Crippen LogP contribution in [-0.2, 0) is 16.6 Å². The molecule has 0 bridgehead atoms. The first-order valence-electron chi connectivity index (χ1n) is 6.69. The van der Waals surface area contributed by atoms with Crippen LogP contribution < -0.4 is 4.72 Å². The van der Waals surface area contributed by atoms with E-state index in [9.17, 15) is 8.42 Å². The summed E-state index contributed by atoms with van der Waals surface area (Å²) in [5.74, 6) is 0.577. The molecule has 0 saturated heterocycles. The molecule has 0 aliphatic rings. The Morgan fingerprint density at radius 2 is 1.95 bits per heavy atom. The highest BCUT2D eigenvalue weighted by atomic mass is 32.2. The summed E-state index contributed by atoms with van der Waals surface area (Å²) < 4.78 is 32.3. The molecule has 0 saturated carbocycles. The van der Waals surface area contributed by atoms with Crippen molar-refractivity contribution in [2.45, 2.75) is 31.3 Å². The van der Waals surface area contributed by atoms with Crippen LogP contribution in [0.3, 0.4) is 0 Å². The third-order valence-corrected chi connectivity index (χ3v) is 4.85. The molecule has 114 valence electrons. The summed E-state index contributed by atoms with van der Waals surface area (Å²) in [7, 11) is -3.64. The molecule has 21 heavy (non-hydrogen) atoms. The van der Waals surface area contributed by atoms with Crippen LogP contribution >= 0.6 is 0 Å². The molecule has 2 rings (SSSR count). The number of aryl methyl sites for hydroxylation is 1. The fourth-order valence-corrected chi connectivity index (χ4v) is 3.41. The van der Waals surface area contributed by atoms with Crippen molar-refractivity contribution in [1.29, 1.82) is 0 Å². The number of nitrogens with one attached hydrogen (secondary N) is 1. The number of sulfonamides is 1. The third-order valence-electron chi connectivity index (χ3n) is 3.32. The van der Waals surface area contributed by atoms with Gasteiger partial charge in [0, 0.05) is 12.6 Å². The van der Waals surface area contributed by atoms with Gasteiger partial charge >= 0.3 is 0 Å². The lowest BCUT2D eigenvalue weighted by Crippen LogP contribution is -2.27. The SMILES string of the molecule is Cc1oc(CO)cc1S(=O)(=O)NCC(C)c1ccccc1. The zero-order chi connectivity index (χ0) is 15.5. The zero-order valence-electron chi connectivity index (χ0n) is 12.0. The van der Waals surface area contributed by atoms with Crippen molar-refractivity contribution in [3.63, 3.8) is 0 Å². The number of aliphatic hydroxyl groups excluding tert-OH is 1. The first-order valence-corrected chi connectivity index (χ1v) is 8.17. The second-order valence-electron chi connectivity index (χ2n) is 4.95. The maximum atomic E-state index is 12.3. The Morgan fingerprint density at radius 1 is 1.29 bits per heavy atom. The Labute approximate surface area is 124 Å². The van der Waals surface area contributed by atoms with Crippen molar-refractivity contribution in [1.82, 2.24) is 4.72 Å². The minimum Gasteiger partial charge on any atom is -0.462 e. The fourth-order valence-electron chi connectivity index (χ4n) is 2.08. The van der Waals surface area contributed by atoms with E-state index in [1.807, 2.05) is 37.3 Å². The minimum atomic E-state index is -3.64. The molecule has 0 aliphatic heterocycles. The lowest BCUT2D eigenvalue weighted by atomic mass is 10.0. The summed E-state index contributed by atoms with van der Waals surface area (Å²) in [5, 5.41) is 9.00. The topological polar surface area (TPSA) is 79.5 Å². The molecule has 2 N–H and O–H groups in total. The summed E-state index contributed by atoms with van der Waals surface area (Å²) in [6.45, 7) is 3.50. The van der Waals surface area contributed by atoms with Crippen LogP contribution in [0.4, 0.5) is 0 Å². The van der Waals surface area contributed by atoms with E-state index in [2.05, 4.69) is 4.72 Å². The quantitative estimate of drug-likeness (QED) is 0.857. The van der Waals surface area contributed by atoms with Crippen molar-refractivity contribution < 1.29 is 17.9 Å². The van der Waals surface area contributed by atoms with E-state index in [1.165, 1.54) is 6.07 Å². The number of aliphatic hydroxyl groups is 1. The molecule has 1 atom stereocenters. The first kappa shape index (κ1) is 15.8. The van der Waals surface area contributed by atoms with E-state index in [0.29, 0.717) is 6.54 Å². The summed E-state index contributed by atoms with van der Waals surface area (Å²) in [6.07, 6.45) is 0. The van der Waals surface area contributed by atoms with Gasteiger partial charge in [0.15, 0.2) is 0 Å². The third kappa shape index (κ3) is 3.72. The van der Waals surface area contributed by atoms with Gasteiger partial charge in [-0.25, -0.2) is 13.1 Å². The summed E-state index contributed by atoms with van der Waals surface area (Å²) >= 11 is 0. The van der Waals surface area contributed by atoms with E-state index in [1.54, 1.807) is 6.92 Å². The largest absolute Gasteiger partial charge is 0.462 e. The number of benzene rings is 1. The minimum absolute atomic E-state index is 0.0606. The van der Waals surface area contributed by atoms with Crippen molar-refractivity contribution in [2.75, 3.05) is 6.54 Å². The molecule has 0 fully saturated rings. The Balaban J connectivity index is 2.09. The van der Waals surface area contributed by atoms with Crippen LogP contribution in [0.15, 0.2) is 45.7 Å². The van der Waals surface area contributed by atoms with Gasteiger partial charge in [0.1, 0.15) is 23.0 Å². The van der Waals surface area contributed by atoms with Crippen molar-refractivity contribution >= 4 is 10.0 Å². The average Bonchev–Trinajstić information content (AvgIpc) is 2.88. The molecule has 0 radical (unpaired) electrons. The first-order chi connectivity index (χ1) is 9.94. The Morgan fingerprint density at radius 3 is 2.52 bits per heavy atom. The molecule has 1 aromatic heterocycles. The molecule has 2 aromatic rings. The molecule has 1 heterocycles. The van der Waals surface area contributed by atoms with E-state index < -0.39 is 10.0 Å². The highest BCUT2D eigenvalue weighted by molar-refractivity contribution is 7.89. The zero-order valence-corrected chi connectivity index (χ0v) is 12.9. The van der Waals surface area contributed by atoms with E-state index in [4.69, 9.17) is 9.52 Å². The molecule has 1 aromatic carbocycles. The predicted octanol–water partition coefficient (Wildman–Crippen LogP) is 2.16. The smallest absolute Gasteiger partial charge is 0.244 e. The van der Waals surface area contributed by atoms with Gasteiger partial charge in [0.25, 0.3) is 0 Å². The molecule has 0 spiro atoms. The van der Waals surface area contributed by atoms with E-state index in [-0.39, 0.29) is 28.9 Å². The predicted molar refractivity (Wildman–Crippen MR) is 79.4 cm³/mol. The van der Waals surface area contributed by atoms with Gasteiger partial charge in [-0.3, -0.25) is 0 Å². The molecule has 5 nitrogen and oxygen atoms in total. The number of hydrogen-bond donors (Lipinski definition) is 2. The number of hydrogen-bond acceptors (Lipinski definition) is 4. The van der Waals surface area contributed by atoms with Gasteiger partial charge in [-0.2, -0.15) is 0 Å². The van der Waals surface area contributed by atoms with Gasteiger partial charge in [0.2, 0.25) is 10.0 Å². The lowest BCUT2D eigenvalue weighted by Gasteiger charge is -2.13. The van der Waals surface area contributed by atoms with Gasteiger partial charge in [-0.1, -0.05) is 37.3 Å². The average molecular weight is 309 g/mol. The molecule has 0 amide bonds. The van der Waals surface area contributed by atoms with Gasteiger partial charge in [-0.05, 0) is 18.4 Å². The Bertz CT molecular complexity index is 692. The second kappa shape index (κ2) is 6.43. The van der Waals surface area contributed by atoms with Gasteiger partial charge < -0.3 is 9.52 Å². The van der Waals surface area contributed by atoms with Crippen LogP contribution in [-0.4, -0.2) is 20.1 Å². The van der Waals surface area contributed by atoms with E-state index >= 15 is 0 Å². The summed E-state index contributed by atoms with van der Waals surface area (Å²) in [4.78, 5) is 0.0758. The molecule has 1 unspecified atom stereocenters. The lowest BCUT2D eigenvalue weighted by molar-refractivity contribution is 0.244. The number of rotatable bonds is 6. The molecule has 0 aliphatic carbocycles. The van der Waals surface area contributed by atoms with Crippen molar-refractivity contribution in [3.05, 3.63) is 53.5 Å². The van der Waals surface area contributed by atoms with Gasteiger partial charge in [-0.15, -0.1) is 0 Å². The normalized spacial score (nSPS) is 13.3.